The third-order valence-corrected chi connectivity index (χ3v) is 9.80. The highest BCUT2D eigenvalue weighted by Gasteiger charge is 2.51. The lowest BCUT2D eigenvalue weighted by Gasteiger charge is -2.48. The summed E-state index contributed by atoms with van der Waals surface area (Å²) < 4.78 is 0. The molecule has 3 atom stereocenters. The minimum absolute atomic E-state index is 0.158. The summed E-state index contributed by atoms with van der Waals surface area (Å²) in [6.07, 6.45) is 1.52. The van der Waals surface area contributed by atoms with E-state index in [0.29, 0.717) is 25.8 Å². The van der Waals surface area contributed by atoms with Crippen LogP contribution >= 0.6 is 0 Å². The van der Waals surface area contributed by atoms with Gasteiger partial charge in [0.05, 0.1) is 5.41 Å². The van der Waals surface area contributed by atoms with Gasteiger partial charge in [0.1, 0.15) is 6.23 Å². The summed E-state index contributed by atoms with van der Waals surface area (Å²) in [6, 6.07) is 35.9. The molecule has 1 amide bonds. The Labute approximate surface area is 237 Å². The van der Waals surface area contributed by atoms with E-state index in [0.717, 1.165) is 25.2 Å². The fourth-order valence-electron chi connectivity index (χ4n) is 7.30. The number of likely N-dealkylation sites (tertiary alicyclic amines) is 2. The zero-order valence-electron chi connectivity index (χ0n) is 23.2. The number of hydrogen-bond acceptors (Lipinski definition) is 4. The molecular formula is C35H39N3O2. The molecule has 0 spiro atoms. The van der Waals surface area contributed by atoms with Crippen LogP contribution in [-0.2, 0) is 22.2 Å². The number of rotatable bonds is 7. The van der Waals surface area contributed by atoms with Crippen LogP contribution < -0.4 is 5.73 Å². The molecule has 206 valence electrons. The predicted molar refractivity (Wildman–Crippen MR) is 161 cm³/mol. The fourth-order valence-corrected chi connectivity index (χ4v) is 7.30. The molecule has 2 saturated heterocycles. The zero-order valence-corrected chi connectivity index (χ0v) is 23.2. The maximum atomic E-state index is 12.8. The van der Waals surface area contributed by atoms with Gasteiger partial charge in [0.15, 0.2) is 0 Å². The summed E-state index contributed by atoms with van der Waals surface area (Å²) >= 11 is 0. The maximum absolute atomic E-state index is 12.8. The molecule has 40 heavy (non-hydrogen) atoms. The van der Waals surface area contributed by atoms with Crippen molar-refractivity contribution < 1.29 is 9.90 Å². The van der Waals surface area contributed by atoms with Crippen LogP contribution in [0.3, 0.4) is 0 Å². The van der Waals surface area contributed by atoms with Crippen LogP contribution in [0.25, 0.3) is 10.8 Å². The molecule has 4 aromatic carbocycles. The normalized spacial score (nSPS) is 24.2. The van der Waals surface area contributed by atoms with E-state index >= 15 is 0 Å². The monoisotopic (exact) mass is 533 g/mol. The van der Waals surface area contributed by atoms with Gasteiger partial charge in [-0.15, -0.1) is 0 Å². The third kappa shape index (κ3) is 4.72. The number of fused-ring (bicyclic) bond motifs is 1. The zero-order chi connectivity index (χ0) is 27.7. The molecule has 3 N–H and O–H groups in total. The van der Waals surface area contributed by atoms with E-state index in [4.69, 9.17) is 5.73 Å². The Kier molecular flexibility index (Phi) is 7.22. The summed E-state index contributed by atoms with van der Waals surface area (Å²) in [5, 5.41) is 13.9. The molecule has 4 aromatic rings. The number of hydrogen-bond donors (Lipinski definition) is 2. The molecule has 2 fully saturated rings. The van der Waals surface area contributed by atoms with Gasteiger partial charge in [0.25, 0.3) is 0 Å². The van der Waals surface area contributed by atoms with E-state index in [1.807, 2.05) is 36.4 Å². The SMILES string of the molecule is CC(N1CCC(C(N)=O)(c2ccccc2)CC1)C1(c2ccc3ccccc3c2)CC(O)N(Cc2ccccc2)C1. The van der Waals surface area contributed by atoms with Crippen molar-refractivity contribution in [2.45, 2.75) is 55.8 Å². The number of carbonyl (C=O) groups is 1. The number of nitrogens with zero attached hydrogens (tertiary/aromatic N) is 2. The molecule has 3 unspecified atom stereocenters. The summed E-state index contributed by atoms with van der Waals surface area (Å²) in [5.41, 5.74) is 8.65. The van der Waals surface area contributed by atoms with Crippen LogP contribution in [0.4, 0.5) is 0 Å². The number of piperidine rings is 1. The van der Waals surface area contributed by atoms with E-state index in [1.54, 1.807) is 0 Å². The topological polar surface area (TPSA) is 69.8 Å². The largest absolute Gasteiger partial charge is 0.378 e. The van der Waals surface area contributed by atoms with Crippen molar-refractivity contribution in [3.05, 3.63) is 120 Å². The second-order valence-electron chi connectivity index (χ2n) is 11.8. The Balaban J connectivity index is 1.33. The van der Waals surface area contributed by atoms with Crippen molar-refractivity contribution in [1.29, 1.82) is 0 Å². The van der Waals surface area contributed by atoms with Crippen molar-refractivity contribution in [3.8, 4) is 0 Å². The second-order valence-corrected chi connectivity index (χ2v) is 11.8. The molecule has 6 rings (SSSR count). The smallest absolute Gasteiger partial charge is 0.228 e. The lowest BCUT2D eigenvalue weighted by molar-refractivity contribution is -0.125. The van der Waals surface area contributed by atoms with Crippen molar-refractivity contribution in [2.75, 3.05) is 19.6 Å². The van der Waals surface area contributed by atoms with E-state index < -0.39 is 11.6 Å². The van der Waals surface area contributed by atoms with Gasteiger partial charge in [-0.3, -0.25) is 14.6 Å². The van der Waals surface area contributed by atoms with E-state index in [-0.39, 0.29) is 17.4 Å². The van der Waals surface area contributed by atoms with Crippen molar-refractivity contribution in [2.24, 2.45) is 5.73 Å². The van der Waals surface area contributed by atoms with Gasteiger partial charge in [0.2, 0.25) is 5.91 Å². The Morgan fingerprint density at radius 1 is 0.875 bits per heavy atom. The van der Waals surface area contributed by atoms with Crippen molar-refractivity contribution in [1.82, 2.24) is 9.80 Å². The molecule has 5 heteroatoms. The lowest BCUT2D eigenvalue weighted by Crippen LogP contribution is -2.57. The van der Waals surface area contributed by atoms with E-state index in [9.17, 15) is 9.90 Å². The maximum Gasteiger partial charge on any atom is 0.228 e. The molecule has 0 radical (unpaired) electrons. The van der Waals surface area contributed by atoms with Crippen LogP contribution in [0, 0.1) is 0 Å². The number of aliphatic hydroxyl groups excluding tert-OH is 1. The standard InChI is InChI=1S/C35H39N3O2/c1-26(37-20-18-34(19-21-37,33(36)40)30-14-6-3-7-15-30)35(31-17-16-28-12-8-9-13-29(28)22-31)23-32(39)38(25-35)24-27-10-4-2-5-11-27/h2-17,22,26,32,39H,18-21,23-25H2,1H3,(H2,36,40). The van der Waals surface area contributed by atoms with Crippen LogP contribution in [0.15, 0.2) is 103 Å². The molecule has 2 aliphatic rings. The molecule has 0 bridgehead atoms. The highest BCUT2D eigenvalue weighted by atomic mass is 16.3. The minimum Gasteiger partial charge on any atom is -0.378 e. The summed E-state index contributed by atoms with van der Waals surface area (Å²) in [7, 11) is 0. The summed E-state index contributed by atoms with van der Waals surface area (Å²) in [5.74, 6) is -0.236. The first-order valence-corrected chi connectivity index (χ1v) is 14.5. The predicted octanol–water partition coefficient (Wildman–Crippen LogP) is 5.21. The van der Waals surface area contributed by atoms with E-state index in [2.05, 4.69) is 83.5 Å². The molecular weight excluding hydrogens is 494 g/mol. The average Bonchev–Trinajstić information content (AvgIpc) is 3.34. The van der Waals surface area contributed by atoms with E-state index in [1.165, 1.54) is 21.9 Å². The molecule has 2 aliphatic heterocycles. The minimum atomic E-state index is -0.637. The molecule has 0 saturated carbocycles. The third-order valence-electron chi connectivity index (χ3n) is 9.80. The first kappa shape index (κ1) is 26.7. The molecule has 0 aliphatic carbocycles. The summed E-state index contributed by atoms with van der Waals surface area (Å²) in [6.45, 7) is 5.35. The first-order valence-electron chi connectivity index (χ1n) is 14.5. The van der Waals surface area contributed by atoms with Crippen LogP contribution in [0.2, 0.25) is 0 Å². The highest BCUT2D eigenvalue weighted by molar-refractivity contribution is 5.87. The molecule has 5 nitrogen and oxygen atoms in total. The highest BCUT2D eigenvalue weighted by Crippen LogP contribution is 2.45. The Bertz CT molecular complexity index is 1470. The van der Waals surface area contributed by atoms with Gasteiger partial charge in [0, 0.05) is 24.5 Å². The van der Waals surface area contributed by atoms with Gasteiger partial charge >= 0.3 is 0 Å². The van der Waals surface area contributed by atoms with Crippen LogP contribution in [-0.4, -0.2) is 52.7 Å². The number of primary amides is 1. The first-order chi connectivity index (χ1) is 19.4. The number of amides is 1. The lowest BCUT2D eigenvalue weighted by atomic mass is 9.69. The number of benzene rings is 4. The van der Waals surface area contributed by atoms with Crippen molar-refractivity contribution >= 4 is 16.7 Å². The van der Waals surface area contributed by atoms with Gasteiger partial charge in [-0.2, -0.15) is 0 Å². The molecule has 0 aromatic heterocycles. The van der Waals surface area contributed by atoms with Gasteiger partial charge < -0.3 is 10.8 Å². The Hall–Kier alpha value is -3.51. The fraction of sp³-hybridized carbons (Fsp3) is 0.343. The van der Waals surface area contributed by atoms with Gasteiger partial charge in [-0.1, -0.05) is 103 Å². The quantitative estimate of drug-likeness (QED) is 0.342. The second kappa shape index (κ2) is 10.8. The Morgan fingerprint density at radius 2 is 1.50 bits per heavy atom. The molecule has 2 heterocycles. The number of aliphatic hydroxyl groups is 1. The van der Waals surface area contributed by atoms with Crippen molar-refractivity contribution in [3.63, 3.8) is 0 Å². The van der Waals surface area contributed by atoms with Crippen LogP contribution in [0.5, 0.6) is 0 Å². The number of nitrogens with two attached hydrogens (primary N) is 1. The summed E-state index contributed by atoms with van der Waals surface area (Å²) in [4.78, 5) is 17.6. The van der Waals surface area contributed by atoms with Gasteiger partial charge in [-0.05, 0) is 66.7 Å². The number of carbonyl (C=O) groups excluding carboxylic acids is 1. The Morgan fingerprint density at radius 3 is 2.17 bits per heavy atom. The van der Waals surface area contributed by atoms with Crippen LogP contribution in [0.1, 0.15) is 42.9 Å². The van der Waals surface area contributed by atoms with Gasteiger partial charge in [-0.25, -0.2) is 0 Å². The average molecular weight is 534 g/mol.